The number of carbonyl (C=O) groups is 1. The van der Waals surface area contributed by atoms with Crippen molar-refractivity contribution in [2.24, 2.45) is 11.7 Å². The van der Waals surface area contributed by atoms with E-state index >= 15 is 0 Å². The topological polar surface area (TPSA) is 66.6 Å². The number of aliphatic hydroxyl groups excluding tert-OH is 1. The number of carbonyl (C=O) groups excluding carboxylic acids is 1. The van der Waals surface area contributed by atoms with Gasteiger partial charge in [-0.3, -0.25) is 4.79 Å². The summed E-state index contributed by atoms with van der Waals surface area (Å²) in [6, 6.07) is 6.92. The summed E-state index contributed by atoms with van der Waals surface area (Å²) >= 11 is 7.59. The van der Waals surface area contributed by atoms with Gasteiger partial charge < -0.3 is 15.7 Å². The fourth-order valence-corrected chi connectivity index (χ4v) is 3.59. The fourth-order valence-electron chi connectivity index (χ4n) is 2.97. The zero-order valence-corrected chi connectivity index (χ0v) is 16.2. The molecule has 2 atom stereocenters. The second kappa shape index (κ2) is 10.5. The van der Waals surface area contributed by atoms with Crippen molar-refractivity contribution in [2.45, 2.75) is 31.4 Å². The molecule has 136 valence electrons. The summed E-state index contributed by atoms with van der Waals surface area (Å²) in [5.41, 5.74) is 6.85. The van der Waals surface area contributed by atoms with Crippen LogP contribution in [-0.2, 0) is 4.79 Å². The summed E-state index contributed by atoms with van der Waals surface area (Å²) in [5.74, 6) is 1.11. The van der Waals surface area contributed by atoms with E-state index in [1.165, 1.54) is 0 Å². The number of hydrogen-bond donors (Lipinski definition) is 2. The van der Waals surface area contributed by atoms with Gasteiger partial charge >= 0.3 is 0 Å². The van der Waals surface area contributed by atoms with Gasteiger partial charge in [0.15, 0.2) is 0 Å². The summed E-state index contributed by atoms with van der Waals surface area (Å²) in [5, 5.41) is 11.2. The first-order valence-corrected chi connectivity index (χ1v) is 9.77. The summed E-state index contributed by atoms with van der Waals surface area (Å²) in [7, 11) is 0. The Labute approximate surface area is 159 Å². The third-order valence-electron chi connectivity index (χ3n) is 4.46. The molecule has 0 bridgehead atoms. The molecule has 1 fully saturated rings. The normalized spacial score (nSPS) is 17.9. The Hall–Kier alpha value is -0.460. The molecular weight excluding hydrogens is 367 g/mol. The minimum Gasteiger partial charge on any atom is -0.388 e. The standard InChI is InChI=1S/C17H25ClN2O2S.ClH/c1-23-11-8-15(19)17(22)20-9-6-13(7-10-20)16(21)12-2-4-14(18)5-3-12;/h2-5,13,15-16,21H,6-11,19H2,1H3;1H/t15-,16?;/m0./s1. The lowest BCUT2D eigenvalue weighted by atomic mass is 9.87. The van der Waals surface area contributed by atoms with Gasteiger partial charge in [-0.15, -0.1) is 12.4 Å². The Bertz CT molecular complexity index is 508. The molecule has 24 heavy (non-hydrogen) atoms. The van der Waals surface area contributed by atoms with Crippen LogP contribution in [0.25, 0.3) is 0 Å². The second-order valence-corrected chi connectivity index (χ2v) is 7.47. The Morgan fingerprint density at radius 1 is 1.38 bits per heavy atom. The van der Waals surface area contributed by atoms with Crippen LogP contribution in [-0.4, -0.2) is 47.1 Å². The largest absolute Gasteiger partial charge is 0.388 e. The minimum absolute atomic E-state index is 0. The molecule has 0 radical (unpaired) electrons. The number of amides is 1. The van der Waals surface area contributed by atoms with Gasteiger partial charge in [-0.25, -0.2) is 0 Å². The molecule has 3 N–H and O–H groups in total. The first-order chi connectivity index (χ1) is 11.0. The van der Waals surface area contributed by atoms with E-state index in [1.54, 1.807) is 23.9 Å². The van der Waals surface area contributed by atoms with Crippen LogP contribution in [0.3, 0.4) is 0 Å². The lowest BCUT2D eigenvalue weighted by Crippen LogP contribution is -2.47. The highest BCUT2D eigenvalue weighted by molar-refractivity contribution is 7.98. The van der Waals surface area contributed by atoms with Gasteiger partial charge in [-0.1, -0.05) is 23.7 Å². The number of halogens is 2. The van der Waals surface area contributed by atoms with E-state index in [1.807, 2.05) is 23.3 Å². The van der Waals surface area contributed by atoms with Crippen molar-refractivity contribution < 1.29 is 9.90 Å². The van der Waals surface area contributed by atoms with Crippen molar-refractivity contribution in [1.29, 1.82) is 0 Å². The first-order valence-electron chi connectivity index (χ1n) is 7.99. The molecular formula is C17H26Cl2N2O2S. The maximum Gasteiger partial charge on any atom is 0.239 e. The molecule has 0 aromatic heterocycles. The summed E-state index contributed by atoms with van der Waals surface area (Å²) in [6.07, 6.45) is 3.82. The average molecular weight is 393 g/mol. The lowest BCUT2D eigenvalue weighted by Gasteiger charge is -2.35. The van der Waals surface area contributed by atoms with Crippen molar-refractivity contribution >= 4 is 41.7 Å². The lowest BCUT2D eigenvalue weighted by molar-refractivity contribution is -0.134. The van der Waals surface area contributed by atoms with Gasteiger partial charge in [0.05, 0.1) is 12.1 Å². The van der Waals surface area contributed by atoms with Crippen LogP contribution < -0.4 is 5.73 Å². The molecule has 0 spiro atoms. The molecule has 1 aliphatic rings. The van der Waals surface area contributed by atoms with E-state index in [4.69, 9.17) is 17.3 Å². The monoisotopic (exact) mass is 392 g/mol. The summed E-state index contributed by atoms with van der Waals surface area (Å²) < 4.78 is 0. The number of aliphatic hydroxyl groups is 1. The maximum absolute atomic E-state index is 12.3. The van der Waals surface area contributed by atoms with Crippen molar-refractivity contribution in [3.8, 4) is 0 Å². The Morgan fingerprint density at radius 3 is 2.50 bits per heavy atom. The van der Waals surface area contributed by atoms with Crippen LogP contribution in [0.5, 0.6) is 0 Å². The number of benzene rings is 1. The van der Waals surface area contributed by atoms with Crippen LogP contribution in [0.2, 0.25) is 5.02 Å². The number of nitrogens with zero attached hydrogens (tertiary/aromatic N) is 1. The van der Waals surface area contributed by atoms with Gasteiger partial charge in [-0.05, 0) is 54.9 Å². The molecule has 0 aliphatic carbocycles. The Morgan fingerprint density at radius 2 is 1.96 bits per heavy atom. The van der Waals surface area contributed by atoms with Crippen LogP contribution in [0.15, 0.2) is 24.3 Å². The molecule has 0 saturated carbocycles. The molecule has 4 nitrogen and oxygen atoms in total. The third-order valence-corrected chi connectivity index (χ3v) is 5.36. The first kappa shape index (κ1) is 21.6. The quantitative estimate of drug-likeness (QED) is 0.780. The molecule has 1 heterocycles. The van der Waals surface area contributed by atoms with Crippen LogP contribution in [0.4, 0.5) is 0 Å². The number of piperidine rings is 1. The van der Waals surface area contributed by atoms with Gasteiger partial charge in [0.2, 0.25) is 5.91 Å². The summed E-state index contributed by atoms with van der Waals surface area (Å²) in [6.45, 7) is 1.34. The highest BCUT2D eigenvalue weighted by Crippen LogP contribution is 2.31. The van der Waals surface area contributed by atoms with Gasteiger partial charge in [-0.2, -0.15) is 11.8 Å². The zero-order chi connectivity index (χ0) is 16.8. The van der Waals surface area contributed by atoms with E-state index in [-0.39, 0.29) is 24.2 Å². The highest BCUT2D eigenvalue weighted by atomic mass is 35.5. The number of nitrogens with two attached hydrogens (primary N) is 1. The van der Waals surface area contributed by atoms with Crippen molar-refractivity contribution in [1.82, 2.24) is 4.90 Å². The van der Waals surface area contributed by atoms with E-state index in [9.17, 15) is 9.90 Å². The van der Waals surface area contributed by atoms with Crippen LogP contribution >= 0.6 is 35.8 Å². The summed E-state index contributed by atoms with van der Waals surface area (Å²) in [4.78, 5) is 14.1. The number of hydrogen-bond acceptors (Lipinski definition) is 4. The average Bonchev–Trinajstić information content (AvgIpc) is 2.59. The molecule has 1 unspecified atom stereocenters. The minimum atomic E-state index is -0.505. The fraction of sp³-hybridized carbons (Fsp3) is 0.588. The van der Waals surface area contributed by atoms with Gasteiger partial charge in [0, 0.05) is 18.1 Å². The molecule has 1 aliphatic heterocycles. The zero-order valence-electron chi connectivity index (χ0n) is 13.9. The third kappa shape index (κ3) is 5.81. The SMILES string of the molecule is CSCC[C@H](N)C(=O)N1CCC(C(O)c2ccc(Cl)cc2)CC1.Cl. The molecule has 2 rings (SSSR count). The second-order valence-electron chi connectivity index (χ2n) is 6.05. The predicted octanol–water partition coefficient (Wildman–Crippen LogP) is 3.11. The maximum atomic E-state index is 12.3. The van der Waals surface area contributed by atoms with Crippen molar-refractivity contribution in [3.05, 3.63) is 34.9 Å². The van der Waals surface area contributed by atoms with E-state index in [0.717, 1.165) is 24.2 Å². The number of likely N-dealkylation sites (tertiary alicyclic amines) is 1. The number of thioether (sulfide) groups is 1. The van der Waals surface area contributed by atoms with E-state index in [2.05, 4.69) is 0 Å². The van der Waals surface area contributed by atoms with E-state index < -0.39 is 12.1 Å². The Kier molecular flexibility index (Phi) is 9.45. The molecule has 1 saturated heterocycles. The molecule has 7 heteroatoms. The van der Waals surface area contributed by atoms with Gasteiger partial charge in [0.25, 0.3) is 0 Å². The Balaban J connectivity index is 0.00000288. The van der Waals surface area contributed by atoms with Crippen molar-refractivity contribution in [3.63, 3.8) is 0 Å². The van der Waals surface area contributed by atoms with Crippen molar-refractivity contribution in [2.75, 3.05) is 25.1 Å². The highest BCUT2D eigenvalue weighted by Gasteiger charge is 2.29. The smallest absolute Gasteiger partial charge is 0.239 e. The molecule has 1 aromatic rings. The van der Waals surface area contributed by atoms with Crippen LogP contribution in [0, 0.1) is 5.92 Å². The predicted molar refractivity (Wildman–Crippen MR) is 104 cm³/mol. The van der Waals surface area contributed by atoms with Gasteiger partial charge in [0.1, 0.15) is 0 Å². The van der Waals surface area contributed by atoms with Crippen LogP contribution in [0.1, 0.15) is 30.9 Å². The molecule has 1 aromatic carbocycles. The van der Waals surface area contributed by atoms with E-state index in [0.29, 0.717) is 24.5 Å². The number of rotatable bonds is 6. The molecule has 1 amide bonds.